The minimum atomic E-state index is -0.777. The van der Waals surface area contributed by atoms with Crippen molar-refractivity contribution in [3.8, 4) is 0 Å². The lowest BCUT2D eigenvalue weighted by atomic mass is 9.99. The SMILES string of the molecule is CN(C)CCCNCC(C(=O)O)c1ccccc1. The molecule has 0 radical (unpaired) electrons. The van der Waals surface area contributed by atoms with Gasteiger partial charge >= 0.3 is 5.97 Å². The van der Waals surface area contributed by atoms with Gasteiger partial charge in [-0.2, -0.15) is 0 Å². The zero-order valence-corrected chi connectivity index (χ0v) is 11.1. The van der Waals surface area contributed by atoms with Gasteiger partial charge in [0.05, 0.1) is 5.92 Å². The molecule has 1 rings (SSSR count). The maximum atomic E-state index is 11.2. The van der Waals surface area contributed by atoms with Crippen LogP contribution >= 0.6 is 0 Å². The Bertz CT molecular complexity index is 352. The zero-order valence-electron chi connectivity index (χ0n) is 11.1. The number of hydrogen-bond acceptors (Lipinski definition) is 3. The fraction of sp³-hybridized carbons (Fsp3) is 0.500. The molecule has 100 valence electrons. The largest absolute Gasteiger partial charge is 0.481 e. The standard InChI is InChI=1S/C14H22N2O2/c1-16(2)10-6-9-15-11-13(14(17)18)12-7-4-3-5-8-12/h3-5,7-8,13,15H,6,9-11H2,1-2H3,(H,17,18). The maximum Gasteiger partial charge on any atom is 0.312 e. The van der Waals surface area contributed by atoms with Gasteiger partial charge in [0, 0.05) is 6.54 Å². The molecule has 18 heavy (non-hydrogen) atoms. The molecule has 0 fully saturated rings. The highest BCUT2D eigenvalue weighted by atomic mass is 16.4. The fourth-order valence-electron chi connectivity index (χ4n) is 1.80. The molecule has 4 heteroatoms. The molecule has 0 bridgehead atoms. The van der Waals surface area contributed by atoms with Crippen molar-refractivity contribution in [3.05, 3.63) is 35.9 Å². The molecule has 1 aromatic rings. The first kappa shape index (κ1) is 14.7. The average Bonchev–Trinajstić information content (AvgIpc) is 2.34. The monoisotopic (exact) mass is 250 g/mol. The summed E-state index contributed by atoms with van der Waals surface area (Å²) in [6, 6.07) is 9.36. The minimum Gasteiger partial charge on any atom is -0.481 e. The van der Waals surface area contributed by atoms with E-state index in [0.29, 0.717) is 6.54 Å². The number of nitrogens with one attached hydrogen (secondary N) is 1. The summed E-state index contributed by atoms with van der Waals surface area (Å²) in [5, 5.41) is 12.4. The van der Waals surface area contributed by atoms with E-state index in [2.05, 4.69) is 10.2 Å². The van der Waals surface area contributed by atoms with Gasteiger partial charge in [-0.05, 0) is 39.2 Å². The van der Waals surface area contributed by atoms with Crippen LogP contribution in [0.3, 0.4) is 0 Å². The number of carbonyl (C=O) groups is 1. The molecule has 0 saturated carbocycles. The quantitative estimate of drug-likeness (QED) is 0.685. The van der Waals surface area contributed by atoms with E-state index in [0.717, 1.165) is 25.1 Å². The smallest absolute Gasteiger partial charge is 0.312 e. The lowest BCUT2D eigenvalue weighted by Crippen LogP contribution is -2.29. The van der Waals surface area contributed by atoms with Gasteiger partial charge in [0.15, 0.2) is 0 Å². The highest BCUT2D eigenvalue weighted by Crippen LogP contribution is 2.14. The molecule has 0 spiro atoms. The molecule has 0 heterocycles. The lowest BCUT2D eigenvalue weighted by molar-refractivity contribution is -0.138. The van der Waals surface area contributed by atoms with E-state index in [9.17, 15) is 9.90 Å². The van der Waals surface area contributed by atoms with Crippen molar-refractivity contribution in [1.29, 1.82) is 0 Å². The summed E-state index contributed by atoms with van der Waals surface area (Å²) < 4.78 is 0. The first-order chi connectivity index (χ1) is 8.61. The van der Waals surface area contributed by atoms with E-state index in [4.69, 9.17) is 0 Å². The predicted molar refractivity (Wildman–Crippen MR) is 72.9 cm³/mol. The third kappa shape index (κ3) is 5.29. The van der Waals surface area contributed by atoms with Crippen LogP contribution in [0.1, 0.15) is 17.9 Å². The first-order valence-corrected chi connectivity index (χ1v) is 6.24. The molecule has 1 unspecified atom stereocenters. The molecule has 2 N–H and O–H groups in total. The van der Waals surface area contributed by atoms with Crippen LogP contribution in [-0.4, -0.2) is 49.7 Å². The molecular weight excluding hydrogens is 228 g/mol. The zero-order chi connectivity index (χ0) is 13.4. The van der Waals surface area contributed by atoms with E-state index in [1.54, 1.807) is 0 Å². The van der Waals surface area contributed by atoms with Crippen molar-refractivity contribution in [2.75, 3.05) is 33.7 Å². The number of carboxylic acids is 1. The molecule has 0 aliphatic carbocycles. The number of hydrogen-bond donors (Lipinski definition) is 2. The van der Waals surface area contributed by atoms with Gasteiger partial charge in [-0.3, -0.25) is 4.79 Å². The van der Waals surface area contributed by atoms with Crippen LogP contribution in [0.4, 0.5) is 0 Å². The van der Waals surface area contributed by atoms with Crippen LogP contribution in [-0.2, 0) is 4.79 Å². The van der Waals surface area contributed by atoms with E-state index >= 15 is 0 Å². The van der Waals surface area contributed by atoms with Gasteiger partial charge in [-0.1, -0.05) is 30.3 Å². The normalized spacial score (nSPS) is 12.6. The lowest BCUT2D eigenvalue weighted by Gasteiger charge is -2.14. The molecule has 0 saturated heterocycles. The number of benzene rings is 1. The maximum absolute atomic E-state index is 11.2. The van der Waals surface area contributed by atoms with E-state index < -0.39 is 11.9 Å². The molecule has 4 nitrogen and oxygen atoms in total. The summed E-state index contributed by atoms with van der Waals surface area (Å²) in [5.74, 6) is -1.24. The van der Waals surface area contributed by atoms with Crippen molar-refractivity contribution < 1.29 is 9.90 Å². The Morgan fingerprint density at radius 2 is 2.00 bits per heavy atom. The van der Waals surface area contributed by atoms with Crippen molar-refractivity contribution in [3.63, 3.8) is 0 Å². The summed E-state index contributed by atoms with van der Waals surface area (Å²) >= 11 is 0. The van der Waals surface area contributed by atoms with Gasteiger partial charge in [0.25, 0.3) is 0 Å². The second-order valence-electron chi connectivity index (χ2n) is 4.66. The van der Waals surface area contributed by atoms with Crippen LogP contribution in [0.15, 0.2) is 30.3 Å². The second kappa shape index (κ2) is 7.84. The van der Waals surface area contributed by atoms with Crippen molar-refractivity contribution >= 4 is 5.97 Å². The van der Waals surface area contributed by atoms with E-state index in [1.165, 1.54) is 0 Å². The third-order valence-electron chi connectivity index (χ3n) is 2.81. The summed E-state index contributed by atoms with van der Waals surface area (Å²) in [6.45, 7) is 2.33. The Balaban J connectivity index is 2.38. The Kier molecular flexibility index (Phi) is 6.39. The average molecular weight is 250 g/mol. The van der Waals surface area contributed by atoms with Crippen molar-refractivity contribution in [2.45, 2.75) is 12.3 Å². The van der Waals surface area contributed by atoms with Gasteiger partial charge in [-0.25, -0.2) is 0 Å². The Hall–Kier alpha value is -1.39. The van der Waals surface area contributed by atoms with Gasteiger partial charge in [0.2, 0.25) is 0 Å². The fourth-order valence-corrected chi connectivity index (χ4v) is 1.80. The van der Waals surface area contributed by atoms with E-state index in [-0.39, 0.29) is 0 Å². The second-order valence-corrected chi connectivity index (χ2v) is 4.66. The predicted octanol–water partition coefficient (Wildman–Crippen LogP) is 1.40. The number of nitrogens with zero attached hydrogens (tertiary/aromatic N) is 1. The summed E-state index contributed by atoms with van der Waals surface area (Å²) in [7, 11) is 4.06. The van der Waals surface area contributed by atoms with Crippen LogP contribution in [0.2, 0.25) is 0 Å². The summed E-state index contributed by atoms with van der Waals surface area (Å²) in [5.41, 5.74) is 0.852. The third-order valence-corrected chi connectivity index (χ3v) is 2.81. The summed E-state index contributed by atoms with van der Waals surface area (Å²) in [4.78, 5) is 13.3. The Labute approximate surface area is 109 Å². The first-order valence-electron chi connectivity index (χ1n) is 6.24. The number of aliphatic carboxylic acids is 1. The molecule has 1 aromatic carbocycles. The van der Waals surface area contributed by atoms with Gasteiger partial charge in [0.1, 0.15) is 0 Å². The highest BCUT2D eigenvalue weighted by molar-refractivity contribution is 5.76. The van der Waals surface area contributed by atoms with Gasteiger partial charge in [-0.15, -0.1) is 0 Å². The van der Waals surface area contributed by atoms with Crippen LogP contribution in [0, 0.1) is 0 Å². The highest BCUT2D eigenvalue weighted by Gasteiger charge is 2.18. The molecule has 1 atom stereocenters. The topological polar surface area (TPSA) is 52.6 Å². The van der Waals surface area contributed by atoms with Crippen LogP contribution < -0.4 is 5.32 Å². The van der Waals surface area contributed by atoms with E-state index in [1.807, 2.05) is 44.4 Å². The number of carboxylic acid groups (broad SMARTS) is 1. The van der Waals surface area contributed by atoms with Crippen LogP contribution in [0.5, 0.6) is 0 Å². The molecule has 0 aromatic heterocycles. The minimum absolute atomic E-state index is 0.467. The molecule has 0 aliphatic heterocycles. The molecule has 0 amide bonds. The molecule has 0 aliphatic rings. The Morgan fingerprint density at radius 1 is 1.33 bits per heavy atom. The summed E-state index contributed by atoms with van der Waals surface area (Å²) in [6.07, 6.45) is 1.02. The molecular formula is C14H22N2O2. The van der Waals surface area contributed by atoms with Crippen molar-refractivity contribution in [2.24, 2.45) is 0 Å². The van der Waals surface area contributed by atoms with Crippen molar-refractivity contribution in [1.82, 2.24) is 10.2 Å². The Morgan fingerprint density at radius 3 is 2.56 bits per heavy atom. The van der Waals surface area contributed by atoms with Crippen LogP contribution in [0.25, 0.3) is 0 Å². The number of rotatable bonds is 8. The van der Waals surface area contributed by atoms with Gasteiger partial charge < -0.3 is 15.3 Å².